The Kier molecular flexibility index (Phi) is 3.36. The van der Waals surface area contributed by atoms with Crippen LogP contribution < -0.4 is 5.32 Å². The zero-order valence-electron chi connectivity index (χ0n) is 9.34. The predicted molar refractivity (Wildman–Crippen MR) is 61.8 cm³/mol. The van der Waals surface area contributed by atoms with Gasteiger partial charge < -0.3 is 5.32 Å². The third kappa shape index (κ3) is 4.03. The summed E-state index contributed by atoms with van der Waals surface area (Å²) in [7, 11) is 0. The van der Waals surface area contributed by atoms with Crippen LogP contribution in [0, 0.1) is 23.7 Å². The molecule has 0 aromatic rings. The maximum absolute atomic E-state index is 11.4. The van der Waals surface area contributed by atoms with Crippen LogP contribution in [-0.4, -0.2) is 5.91 Å². The summed E-state index contributed by atoms with van der Waals surface area (Å²) in [6.07, 6.45) is 11.0. The van der Waals surface area contributed by atoms with E-state index < -0.39 is 0 Å². The molecule has 0 saturated heterocycles. The normalized spacial score (nSPS) is 16.1. The summed E-state index contributed by atoms with van der Waals surface area (Å²) < 4.78 is 0. The fraction of sp³-hybridized carbons (Fsp3) is 0.462. The molecule has 1 rings (SSSR count). The molecule has 1 amide bonds. The SMILES string of the molecule is C#CC(C)(C)/C=C\C(=C)NC(=O)C1CC1. The van der Waals surface area contributed by atoms with E-state index in [-0.39, 0.29) is 17.2 Å². The second-order valence-electron chi connectivity index (χ2n) is 4.49. The highest BCUT2D eigenvalue weighted by Crippen LogP contribution is 2.29. The molecule has 0 atom stereocenters. The standard InChI is InChI=1S/C13H17NO/c1-5-13(3,4)9-8-10(2)14-12(15)11-6-7-11/h1,8-9,11H,2,6-7H2,3-4H3,(H,14,15)/b9-8-. The summed E-state index contributed by atoms with van der Waals surface area (Å²) in [5.74, 6) is 2.92. The lowest BCUT2D eigenvalue weighted by Gasteiger charge is -2.11. The first-order chi connectivity index (χ1) is 6.94. The molecule has 80 valence electrons. The topological polar surface area (TPSA) is 29.1 Å². The third-order valence-corrected chi connectivity index (χ3v) is 2.31. The number of amides is 1. The van der Waals surface area contributed by atoms with Crippen molar-refractivity contribution in [2.24, 2.45) is 11.3 Å². The maximum atomic E-state index is 11.4. The van der Waals surface area contributed by atoms with Crippen molar-refractivity contribution >= 4 is 5.91 Å². The number of hydrogen-bond donors (Lipinski definition) is 1. The molecule has 1 N–H and O–H groups in total. The lowest BCUT2D eigenvalue weighted by Crippen LogP contribution is -2.22. The van der Waals surface area contributed by atoms with Gasteiger partial charge >= 0.3 is 0 Å². The van der Waals surface area contributed by atoms with E-state index in [1.165, 1.54) is 0 Å². The molecular weight excluding hydrogens is 186 g/mol. The molecule has 0 aromatic heterocycles. The van der Waals surface area contributed by atoms with E-state index in [2.05, 4.69) is 17.8 Å². The molecule has 0 aromatic carbocycles. The van der Waals surface area contributed by atoms with Crippen molar-refractivity contribution in [3.8, 4) is 12.3 Å². The van der Waals surface area contributed by atoms with E-state index in [1.54, 1.807) is 6.08 Å². The lowest BCUT2D eigenvalue weighted by atomic mass is 9.94. The predicted octanol–water partition coefficient (Wildman–Crippen LogP) is 2.24. The van der Waals surface area contributed by atoms with Crippen molar-refractivity contribution in [1.82, 2.24) is 5.32 Å². The van der Waals surface area contributed by atoms with E-state index in [1.807, 2.05) is 19.9 Å². The monoisotopic (exact) mass is 203 g/mol. The molecule has 1 aliphatic carbocycles. The molecular formula is C13H17NO. The fourth-order valence-corrected chi connectivity index (χ4v) is 1.00. The molecule has 0 spiro atoms. The van der Waals surface area contributed by atoms with Crippen LogP contribution in [0.5, 0.6) is 0 Å². The smallest absolute Gasteiger partial charge is 0.227 e. The van der Waals surface area contributed by atoms with Crippen molar-refractivity contribution in [2.45, 2.75) is 26.7 Å². The van der Waals surface area contributed by atoms with Crippen LogP contribution in [0.1, 0.15) is 26.7 Å². The van der Waals surface area contributed by atoms with Gasteiger partial charge in [-0.2, -0.15) is 0 Å². The first-order valence-electron chi connectivity index (χ1n) is 5.11. The molecule has 0 radical (unpaired) electrons. The first kappa shape index (κ1) is 11.6. The van der Waals surface area contributed by atoms with Gasteiger partial charge in [0.15, 0.2) is 0 Å². The summed E-state index contributed by atoms with van der Waals surface area (Å²) in [5.41, 5.74) is 0.308. The molecule has 0 bridgehead atoms. The van der Waals surface area contributed by atoms with E-state index >= 15 is 0 Å². The Labute approximate surface area is 91.4 Å². The second-order valence-corrected chi connectivity index (χ2v) is 4.49. The van der Waals surface area contributed by atoms with Crippen LogP contribution in [0.25, 0.3) is 0 Å². The van der Waals surface area contributed by atoms with Crippen LogP contribution in [0.15, 0.2) is 24.4 Å². The zero-order chi connectivity index (χ0) is 11.5. The summed E-state index contributed by atoms with van der Waals surface area (Å²) in [5, 5.41) is 2.75. The number of rotatable bonds is 4. The Morgan fingerprint density at radius 2 is 2.20 bits per heavy atom. The van der Waals surface area contributed by atoms with Crippen LogP contribution >= 0.6 is 0 Å². The number of hydrogen-bond acceptors (Lipinski definition) is 1. The van der Waals surface area contributed by atoms with Crippen molar-refractivity contribution in [3.63, 3.8) is 0 Å². The van der Waals surface area contributed by atoms with Gasteiger partial charge in [-0.25, -0.2) is 0 Å². The van der Waals surface area contributed by atoms with Gasteiger partial charge in [-0.05, 0) is 32.8 Å². The summed E-state index contributed by atoms with van der Waals surface area (Å²) >= 11 is 0. The minimum atomic E-state index is -0.298. The number of carbonyl (C=O) groups is 1. The zero-order valence-corrected chi connectivity index (χ0v) is 9.34. The average Bonchev–Trinajstić information content (AvgIpc) is 2.98. The number of terminal acetylenes is 1. The lowest BCUT2D eigenvalue weighted by molar-refractivity contribution is -0.121. The minimum absolute atomic E-state index is 0.0724. The maximum Gasteiger partial charge on any atom is 0.227 e. The highest BCUT2D eigenvalue weighted by atomic mass is 16.2. The van der Waals surface area contributed by atoms with E-state index in [4.69, 9.17) is 6.42 Å². The van der Waals surface area contributed by atoms with Crippen molar-refractivity contribution in [3.05, 3.63) is 24.4 Å². The van der Waals surface area contributed by atoms with Gasteiger partial charge in [0.1, 0.15) is 0 Å². The summed E-state index contributed by atoms with van der Waals surface area (Å²) in [6, 6.07) is 0. The van der Waals surface area contributed by atoms with Crippen molar-refractivity contribution in [2.75, 3.05) is 0 Å². The highest BCUT2D eigenvalue weighted by molar-refractivity contribution is 5.82. The van der Waals surface area contributed by atoms with Crippen LogP contribution in [0.2, 0.25) is 0 Å². The summed E-state index contributed by atoms with van der Waals surface area (Å²) in [6.45, 7) is 7.61. The highest BCUT2D eigenvalue weighted by Gasteiger charge is 2.29. The molecule has 1 aliphatic rings. The van der Waals surface area contributed by atoms with Crippen LogP contribution in [-0.2, 0) is 4.79 Å². The largest absolute Gasteiger partial charge is 0.326 e. The molecule has 2 nitrogen and oxygen atoms in total. The Balaban J connectivity index is 2.42. The Hall–Kier alpha value is -1.49. The van der Waals surface area contributed by atoms with Gasteiger partial charge in [0, 0.05) is 17.0 Å². The van der Waals surface area contributed by atoms with Crippen LogP contribution in [0.3, 0.4) is 0 Å². The Morgan fingerprint density at radius 3 is 2.67 bits per heavy atom. The quantitative estimate of drug-likeness (QED) is 0.551. The Morgan fingerprint density at radius 1 is 1.60 bits per heavy atom. The van der Waals surface area contributed by atoms with Gasteiger partial charge in [0.05, 0.1) is 0 Å². The third-order valence-electron chi connectivity index (χ3n) is 2.31. The van der Waals surface area contributed by atoms with Gasteiger partial charge in [-0.3, -0.25) is 4.79 Å². The molecule has 2 heteroatoms. The van der Waals surface area contributed by atoms with Gasteiger partial charge in [-0.15, -0.1) is 6.42 Å². The summed E-state index contributed by atoms with van der Waals surface area (Å²) in [4.78, 5) is 11.4. The van der Waals surface area contributed by atoms with Crippen molar-refractivity contribution in [1.29, 1.82) is 0 Å². The van der Waals surface area contributed by atoms with E-state index in [0.717, 1.165) is 12.8 Å². The molecule has 15 heavy (non-hydrogen) atoms. The minimum Gasteiger partial charge on any atom is -0.326 e. The average molecular weight is 203 g/mol. The van der Waals surface area contributed by atoms with Gasteiger partial charge in [0.25, 0.3) is 0 Å². The molecule has 1 saturated carbocycles. The first-order valence-corrected chi connectivity index (χ1v) is 5.11. The van der Waals surface area contributed by atoms with Crippen molar-refractivity contribution < 1.29 is 4.79 Å². The fourth-order valence-electron chi connectivity index (χ4n) is 1.00. The van der Waals surface area contributed by atoms with Gasteiger partial charge in [-0.1, -0.05) is 18.6 Å². The molecule has 0 heterocycles. The number of allylic oxidation sites excluding steroid dienone is 2. The molecule has 0 aliphatic heterocycles. The number of nitrogens with one attached hydrogen (secondary N) is 1. The second kappa shape index (κ2) is 4.35. The van der Waals surface area contributed by atoms with E-state index in [9.17, 15) is 4.79 Å². The van der Waals surface area contributed by atoms with Crippen LogP contribution in [0.4, 0.5) is 0 Å². The Bertz CT molecular complexity index is 340. The van der Waals surface area contributed by atoms with E-state index in [0.29, 0.717) is 5.70 Å². The van der Waals surface area contributed by atoms with Gasteiger partial charge in [0.2, 0.25) is 5.91 Å². The molecule has 1 fully saturated rings. The molecule has 0 unspecified atom stereocenters. The number of carbonyl (C=O) groups excluding carboxylic acids is 1.